The minimum atomic E-state index is 0.780. The Bertz CT molecular complexity index is 214. The van der Waals surface area contributed by atoms with Crippen LogP contribution < -0.4 is 0 Å². The molecule has 11 heavy (non-hydrogen) atoms. The molecule has 0 fully saturated rings. The van der Waals surface area contributed by atoms with E-state index in [1.54, 1.807) is 5.56 Å². The number of hydrogen-bond acceptors (Lipinski definition) is 1. The molecule has 0 saturated heterocycles. The standard InChI is InChI=1S/C10H16S/c1-7(2)5-10-8(3)6-11-9(10)4/h6-7H,5H2,1-4H3. The van der Waals surface area contributed by atoms with Crippen molar-refractivity contribution < 1.29 is 0 Å². The first-order valence-electron chi connectivity index (χ1n) is 4.15. The molecule has 0 N–H and O–H groups in total. The Balaban J connectivity index is 2.83. The maximum absolute atomic E-state index is 2.27. The highest BCUT2D eigenvalue weighted by atomic mass is 32.1. The molecule has 62 valence electrons. The molecule has 0 nitrogen and oxygen atoms in total. The van der Waals surface area contributed by atoms with Crippen molar-refractivity contribution >= 4 is 11.3 Å². The molecule has 0 aromatic carbocycles. The molecule has 1 rings (SSSR count). The van der Waals surface area contributed by atoms with Crippen molar-refractivity contribution in [3.05, 3.63) is 21.4 Å². The van der Waals surface area contributed by atoms with Gasteiger partial charge in [0.1, 0.15) is 0 Å². The van der Waals surface area contributed by atoms with Crippen molar-refractivity contribution in [1.82, 2.24) is 0 Å². The zero-order valence-electron chi connectivity index (χ0n) is 7.77. The van der Waals surface area contributed by atoms with Crippen LogP contribution in [0.15, 0.2) is 5.38 Å². The molecule has 1 heterocycles. The monoisotopic (exact) mass is 168 g/mol. The van der Waals surface area contributed by atoms with E-state index in [1.165, 1.54) is 16.9 Å². The summed E-state index contributed by atoms with van der Waals surface area (Å²) in [6.07, 6.45) is 1.24. The highest BCUT2D eigenvalue weighted by Crippen LogP contribution is 2.23. The summed E-state index contributed by atoms with van der Waals surface area (Å²) < 4.78 is 0. The van der Waals surface area contributed by atoms with Gasteiger partial charge >= 0.3 is 0 Å². The second kappa shape index (κ2) is 3.40. The van der Waals surface area contributed by atoms with Gasteiger partial charge in [0.25, 0.3) is 0 Å². The summed E-state index contributed by atoms with van der Waals surface area (Å²) in [5, 5.41) is 2.26. The van der Waals surface area contributed by atoms with Gasteiger partial charge < -0.3 is 0 Å². The molecule has 0 unspecified atom stereocenters. The summed E-state index contributed by atoms with van der Waals surface area (Å²) >= 11 is 1.87. The molecule has 0 aliphatic rings. The quantitative estimate of drug-likeness (QED) is 0.633. The Labute approximate surface area is 73.3 Å². The molecule has 0 saturated carbocycles. The van der Waals surface area contributed by atoms with Crippen molar-refractivity contribution in [2.75, 3.05) is 0 Å². The SMILES string of the molecule is Cc1csc(C)c1CC(C)C. The fraction of sp³-hybridized carbons (Fsp3) is 0.600. The lowest BCUT2D eigenvalue weighted by Gasteiger charge is -2.04. The predicted molar refractivity (Wildman–Crippen MR) is 52.3 cm³/mol. The second-order valence-corrected chi connectivity index (χ2v) is 4.64. The molecular weight excluding hydrogens is 152 g/mol. The average molecular weight is 168 g/mol. The minimum absolute atomic E-state index is 0.780. The van der Waals surface area contributed by atoms with Gasteiger partial charge in [0, 0.05) is 4.88 Å². The smallest absolute Gasteiger partial charge is 0.00490 e. The number of hydrogen-bond donors (Lipinski definition) is 0. The third-order valence-electron chi connectivity index (χ3n) is 1.93. The van der Waals surface area contributed by atoms with E-state index in [1.807, 2.05) is 11.3 Å². The number of rotatable bonds is 2. The van der Waals surface area contributed by atoms with Crippen molar-refractivity contribution in [2.24, 2.45) is 5.92 Å². The molecular formula is C10H16S. The van der Waals surface area contributed by atoms with E-state index >= 15 is 0 Å². The summed E-state index contributed by atoms with van der Waals surface area (Å²) in [5.74, 6) is 0.780. The van der Waals surface area contributed by atoms with Crippen molar-refractivity contribution in [3.63, 3.8) is 0 Å². The van der Waals surface area contributed by atoms with Crippen LogP contribution in [0.1, 0.15) is 29.9 Å². The van der Waals surface area contributed by atoms with Gasteiger partial charge in [-0.05, 0) is 42.7 Å². The van der Waals surface area contributed by atoms with Crippen LogP contribution in [0.2, 0.25) is 0 Å². The minimum Gasteiger partial charge on any atom is -0.149 e. The van der Waals surface area contributed by atoms with Gasteiger partial charge in [0.05, 0.1) is 0 Å². The molecule has 0 amide bonds. The van der Waals surface area contributed by atoms with Gasteiger partial charge in [-0.3, -0.25) is 0 Å². The fourth-order valence-corrected chi connectivity index (χ4v) is 2.19. The van der Waals surface area contributed by atoms with Crippen LogP contribution in [0.3, 0.4) is 0 Å². The van der Waals surface area contributed by atoms with Crippen LogP contribution in [0, 0.1) is 19.8 Å². The molecule has 0 aliphatic heterocycles. The third-order valence-corrected chi connectivity index (χ3v) is 3.00. The van der Waals surface area contributed by atoms with Gasteiger partial charge in [0.2, 0.25) is 0 Å². The van der Waals surface area contributed by atoms with E-state index in [4.69, 9.17) is 0 Å². The van der Waals surface area contributed by atoms with Gasteiger partial charge in [-0.1, -0.05) is 13.8 Å². The Morgan fingerprint density at radius 2 is 2.00 bits per heavy atom. The summed E-state index contributed by atoms with van der Waals surface area (Å²) in [6, 6.07) is 0. The summed E-state index contributed by atoms with van der Waals surface area (Å²) in [7, 11) is 0. The van der Waals surface area contributed by atoms with E-state index < -0.39 is 0 Å². The maximum atomic E-state index is 2.27. The molecule has 1 heteroatoms. The number of thiophene rings is 1. The van der Waals surface area contributed by atoms with Crippen LogP contribution in [-0.4, -0.2) is 0 Å². The van der Waals surface area contributed by atoms with Crippen LogP contribution in [0.25, 0.3) is 0 Å². The normalized spacial score (nSPS) is 11.0. The average Bonchev–Trinajstić information content (AvgIpc) is 2.18. The Kier molecular flexibility index (Phi) is 2.72. The molecule has 0 aliphatic carbocycles. The molecule has 0 radical (unpaired) electrons. The maximum Gasteiger partial charge on any atom is 0.00490 e. The Hall–Kier alpha value is -0.300. The summed E-state index contributed by atoms with van der Waals surface area (Å²) in [4.78, 5) is 1.50. The third kappa shape index (κ3) is 2.06. The van der Waals surface area contributed by atoms with Crippen LogP contribution in [0.5, 0.6) is 0 Å². The lowest BCUT2D eigenvalue weighted by Crippen LogP contribution is -1.95. The van der Waals surface area contributed by atoms with Crippen molar-refractivity contribution in [2.45, 2.75) is 34.1 Å². The van der Waals surface area contributed by atoms with Crippen molar-refractivity contribution in [3.8, 4) is 0 Å². The molecule has 0 atom stereocenters. The van der Waals surface area contributed by atoms with Crippen molar-refractivity contribution in [1.29, 1.82) is 0 Å². The molecule has 1 aromatic heterocycles. The van der Waals surface area contributed by atoms with Crippen LogP contribution in [-0.2, 0) is 6.42 Å². The first kappa shape index (κ1) is 8.79. The fourth-order valence-electron chi connectivity index (χ4n) is 1.31. The van der Waals surface area contributed by atoms with Crippen LogP contribution in [0.4, 0.5) is 0 Å². The number of aryl methyl sites for hydroxylation is 2. The van der Waals surface area contributed by atoms with E-state index in [0.717, 1.165) is 5.92 Å². The largest absolute Gasteiger partial charge is 0.149 e. The zero-order chi connectivity index (χ0) is 8.43. The summed E-state index contributed by atoms with van der Waals surface area (Å²) in [6.45, 7) is 8.98. The Morgan fingerprint density at radius 3 is 2.36 bits per heavy atom. The lowest BCUT2D eigenvalue weighted by molar-refractivity contribution is 0.644. The van der Waals surface area contributed by atoms with E-state index in [9.17, 15) is 0 Å². The lowest BCUT2D eigenvalue weighted by atomic mass is 10.0. The van der Waals surface area contributed by atoms with Gasteiger partial charge in [-0.15, -0.1) is 11.3 Å². The van der Waals surface area contributed by atoms with Gasteiger partial charge in [0.15, 0.2) is 0 Å². The first-order valence-corrected chi connectivity index (χ1v) is 5.02. The predicted octanol–water partition coefficient (Wildman–Crippen LogP) is 3.56. The second-order valence-electron chi connectivity index (χ2n) is 3.55. The van der Waals surface area contributed by atoms with Gasteiger partial charge in [-0.2, -0.15) is 0 Å². The Morgan fingerprint density at radius 1 is 1.36 bits per heavy atom. The van der Waals surface area contributed by atoms with E-state index in [0.29, 0.717) is 0 Å². The van der Waals surface area contributed by atoms with Crippen LogP contribution >= 0.6 is 11.3 Å². The topological polar surface area (TPSA) is 0 Å². The highest BCUT2D eigenvalue weighted by molar-refractivity contribution is 7.10. The van der Waals surface area contributed by atoms with Gasteiger partial charge in [-0.25, -0.2) is 0 Å². The molecule has 1 aromatic rings. The van der Waals surface area contributed by atoms with E-state index in [-0.39, 0.29) is 0 Å². The molecule has 0 bridgehead atoms. The highest BCUT2D eigenvalue weighted by Gasteiger charge is 2.05. The summed E-state index contributed by atoms with van der Waals surface area (Å²) in [5.41, 5.74) is 3.05. The zero-order valence-corrected chi connectivity index (χ0v) is 8.59. The molecule has 0 spiro atoms. The van der Waals surface area contributed by atoms with E-state index in [2.05, 4.69) is 33.1 Å². The first-order chi connectivity index (χ1) is 5.11.